The first-order chi connectivity index (χ1) is 11.5. The van der Waals surface area contributed by atoms with E-state index >= 15 is 0 Å². The number of hydrogen-bond donors (Lipinski definition) is 1. The molecule has 0 aliphatic carbocycles. The van der Waals surface area contributed by atoms with E-state index in [-0.39, 0.29) is 11.6 Å². The number of benzene rings is 1. The van der Waals surface area contributed by atoms with Gasteiger partial charge < -0.3 is 10.1 Å². The number of thioether (sulfide) groups is 1. The largest absolute Gasteiger partial charge is 0.425 e. The molecule has 9 heteroatoms. The number of nitrogens with zero attached hydrogens (tertiary/aromatic N) is 1. The smallest absolute Gasteiger partial charge is 0.416 e. The molecule has 0 saturated carbocycles. The minimum absolute atomic E-state index is 0.0661. The topological polar surface area (TPSA) is 58.6 Å². The molecule has 1 aliphatic rings. The van der Waals surface area contributed by atoms with E-state index in [0.29, 0.717) is 0 Å². The third-order valence-electron chi connectivity index (χ3n) is 3.30. The molecule has 25 heavy (non-hydrogen) atoms. The Hall–Kier alpha value is -2.34. The van der Waals surface area contributed by atoms with Gasteiger partial charge in [0.05, 0.1) is 17.0 Å². The second-order valence-corrected chi connectivity index (χ2v) is 6.76. The van der Waals surface area contributed by atoms with Crippen molar-refractivity contribution < 1.29 is 27.5 Å². The van der Waals surface area contributed by atoms with Gasteiger partial charge in [0, 0.05) is 5.69 Å². The van der Waals surface area contributed by atoms with Crippen molar-refractivity contribution in [1.82, 2.24) is 5.32 Å². The number of carbonyl (C=O) groups is 2. The number of anilines is 1. The average molecular weight is 372 g/mol. The first-order valence-corrected chi connectivity index (χ1v) is 8.15. The zero-order chi connectivity index (χ0) is 18.8. The fraction of sp³-hybridized carbons (Fsp3) is 0.375. The highest BCUT2D eigenvalue weighted by Gasteiger charge is 2.38. The van der Waals surface area contributed by atoms with E-state index in [9.17, 15) is 22.8 Å². The molecule has 0 bridgehead atoms. The van der Waals surface area contributed by atoms with Crippen molar-refractivity contribution in [2.75, 3.05) is 10.8 Å². The van der Waals surface area contributed by atoms with Gasteiger partial charge in [0.15, 0.2) is 0 Å². The number of nitrogens with one attached hydrogen (secondary N) is 1. The summed E-state index contributed by atoms with van der Waals surface area (Å²) in [6, 6.07) is 4.40. The molecule has 1 heterocycles. The molecule has 2 rings (SSSR count). The van der Waals surface area contributed by atoms with Crippen LogP contribution in [0.3, 0.4) is 0 Å². The van der Waals surface area contributed by atoms with Crippen LogP contribution in [0.15, 0.2) is 24.3 Å². The summed E-state index contributed by atoms with van der Waals surface area (Å²) in [5.41, 5.74) is -2.88. The molecule has 134 valence electrons. The van der Waals surface area contributed by atoms with E-state index < -0.39 is 34.7 Å². The molecule has 5 nitrogen and oxygen atoms in total. The Labute approximate surface area is 146 Å². The molecule has 2 amide bonds. The summed E-state index contributed by atoms with van der Waals surface area (Å²) in [5, 5.41) is 2.41. The molecule has 1 aromatic rings. The predicted molar refractivity (Wildman–Crippen MR) is 87.7 cm³/mol. The SMILES string of the molecule is C#CC(C)(C)NC(=O)OC1SCN(c2cccc(C(F)(F)F)c2)C1=O. The maximum Gasteiger partial charge on any atom is 0.416 e. The monoisotopic (exact) mass is 372 g/mol. The summed E-state index contributed by atoms with van der Waals surface area (Å²) >= 11 is 0.989. The molecule has 1 atom stereocenters. The summed E-state index contributed by atoms with van der Waals surface area (Å²) in [5.74, 6) is 1.80. The predicted octanol–water partition coefficient (Wildman–Crippen LogP) is 3.21. The van der Waals surface area contributed by atoms with Gasteiger partial charge in [-0.1, -0.05) is 23.7 Å². The second-order valence-electron chi connectivity index (χ2n) is 5.74. The molecular formula is C16H15F3N2O3S. The summed E-state index contributed by atoms with van der Waals surface area (Å²) in [6.07, 6.45) is -0.142. The lowest BCUT2D eigenvalue weighted by Gasteiger charge is -2.21. The normalized spacial score (nSPS) is 18.0. The van der Waals surface area contributed by atoms with Crippen molar-refractivity contribution in [3.63, 3.8) is 0 Å². The Balaban J connectivity index is 2.07. The summed E-state index contributed by atoms with van der Waals surface area (Å²) in [4.78, 5) is 25.2. The van der Waals surface area contributed by atoms with E-state index in [4.69, 9.17) is 11.2 Å². The van der Waals surface area contributed by atoms with Crippen molar-refractivity contribution >= 4 is 29.4 Å². The maximum absolute atomic E-state index is 12.8. The van der Waals surface area contributed by atoms with Gasteiger partial charge in [-0.3, -0.25) is 9.69 Å². The van der Waals surface area contributed by atoms with Gasteiger partial charge in [-0.2, -0.15) is 13.2 Å². The molecule has 1 unspecified atom stereocenters. The van der Waals surface area contributed by atoms with Crippen molar-refractivity contribution in [2.45, 2.75) is 31.0 Å². The Morgan fingerprint density at radius 1 is 1.44 bits per heavy atom. The highest BCUT2D eigenvalue weighted by molar-refractivity contribution is 8.01. The molecule has 1 aromatic carbocycles. The van der Waals surface area contributed by atoms with E-state index in [2.05, 4.69) is 11.2 Å². The molecule has 1 saturated heterocycles. The molecule has 1 aliphatic heterocycles. The number of hydrogen-bond acceptors (Lipinski definition) is 4. The standard InChI is InChI=1S/C16H15F3N2O3S/c1-4-15(2,3)20-14(23)24-13-12(22)21(9-25-13)11-7-5-6-10(8-11)16(17,18)19/h1,5-8,13H,9H2,2-3H3,(H,20,23). The van der Waals surface area contributed by atoms with Crippen LogP contribution in [-0.4, -0.2) is 28.9 Å². The number of rotatable bonds is 3. The molecular weight excluding hydrogens is 357 g/mol. The van der Waals surface area contributed by atoms with Crippen molar-refractivity contribution in [2.24, 2.45) is 0 Å². The Kier molecular flexibility index (Phi) is 5.23. The second kappa shape index (κ2) is 6.88. The van der Waals surface area contributed by atoms with Gasteiger partial charge in [0.2, 0.25) is 5.44 Å². The van der Waals surface area contributed by atoms with Crippen molar-refractivity contribution in [1.29, 1.82) is 0 Å². The molecule has 0 aromatic heterocycles. The quantitative estimate of drug-likeness (QED) is 0.828. The van der Waals surface area contributed by atoms with Crippen LogP contribution in [0.5, 0.6) is 0 Å². The highest BCUT2D eigenvalue weighted by Crippen LogP contribution is 2.35. The lowest BCUT2D eigenvalue weighted by Crippen LogP contribution is -2.44. The molecule has 0 spiro atoms. The summed E-state index contributed by atoms with van der Waals surface area (Å²) in [7, 11) is 0. The first-order valence-electron chi connectivity index (χ1n) is 7.10. The Morgan fingerprint density at radius 2 is 2.12 bits per heavy atom. The zero-order valence-corrected chi connectivity index (χ0v) is 14.2. The molecule has 0 radical (unpaired) electrons. The number of terminal acetylenes is 1. The number of ether oxygens (including phenoxy) is 1. The van der Waals surface area contributed by atoms with Crippen LogP contribution in [0.2, 0.25) is 0 Å². The van der Waals surface area contributed by atoms with Crippen LogP contribution in [0.4, 0.5) is 23.7 Å². The number of alkyl halides is 3. The summed E-state index contributed by atoms with van der Waals surface area (Å²) < 4.78 is 43.4. The van der Waals surface area contributed by atoms with Crippen molar-refractivity contribution in [3.05, 3.63) is 29.8 Å². The van der Waals surface area contributed by atoms with Crippen LogP contribution < -0.4 is 10.2 Å². The van der Waals surface area contributed by atoms with Gasteiger partial charge in [0.1, 0.15) is 0 Å². The van der Waals surface area contributed by atoms with Crippen LogP contribution in [-0.2, 0) is 15.7 Å². The fourth-order valence-electron chi connectivity index (χ4n) is 1.96. The average Bonchev–Trinajstić information content (AvgIpc) is 2.87. The number of alkyl carbamates (subject to hydrolysis) is 1. The maximum atomic E-state index is 12.8. The summed E-state index contributed by atoms with van der Waals surface area (Å²) in [6.45, 7) is 3.15. The van der Waals surface area contributed by atoms with Crippen LogP contribution >= 0.6 is 11.8 Å². The molecule has 1 N–H and O–H groups in total. The van der Waals surface area contributed by atoms with Gasteiger partial charge in [-0.15, -0.1) is 6.42 Å². The number of amides is 2. The van der Waals surface area contributed by atoms with Crippen LogP contribution in [0.1, 0.15) is 19.4 Å². The lowest BCUT2D eigenvalue weighted by molar-refractivity contribution is -0.137. The zero-order valence-electron chi connectivity index (χ0n) is 13.4. The third-order valence-corrected chi connectivity index (χ3v) is 4.31. The fourth-order valence-corrected chi connectivity index (χ4v) is 2.94. The number of carbonyl (C=O) groups excluding carboxylic acids is 2. The van der Waals surface area contributed by atoms with Crippen molar-refractivity contribution in [3.8, 4) is 12.3 Å². The van der Waals surface area contributed by atoms with E-state index in [1.54, 1.807) is 13.8 Å². The molecule has 1 fully saturated rings. The highest BCUT2D eigenvalue weighted by atomic mass is 32.2. The third kappa shape index (κ3) is 4.60. The first kappa shape index (κ1) is 19.0. The Morgan fingerprint density at radius 3 is 2.72 bits per heavy atom. The number of halogens is 3. The van der Waals surface area contributed by atoms with Gasteiger partial charge in [-0.25, -0.2) is 4.79 Å². The Bertz CT molecular complexity index is 728. The van der Waals surface area contributed by atoms with Crippen LogP contribution in [0.25, 0.3) is 0 Å². The van der Waals surface area contributed by atoms with Gasteiger partial charge in [-0.05, 0) is 32.0 Å². The van der Waals surface area contributed by atoms with Crippen LogP contribution in [0, 0.1) is 12.3 Å². The van der Waals surface area contributed by atoms with E-state index in [1.165, 1.54) is 12.1 Å². The lowest BCUT2D eigenvalue weighted by atomic mass is 10.1. The van der Waals surface area contributed by atoms with Gasteiger partial charge in [0.25, 0.3) is 5.91 Å². The van der Waals surface area contributed by atoms with Gasteiger partial charge >= 0.3 is 12.3 Å². The van der Waals surface area contributed by atoms with E-state index in [1.807, 2.05) is 0 Å². The van der Waals surface area contributed by atoms with E-state index in [0.717, 1.165) is 28.8 Å². The minimum Gasteiger partial charge on any atom is -0.425 e. The minimum atomic E-state index is -4.51.